The average molecular weight is 226 g/mol. The molecule has 0 aliphatic heterocycles. The third-order valence-corrected chi connectivity index (χ3v) is 2.40. The lowest BCUT2D eigenvalue weighted by Gasteiger charge is -1.93. The Morgan fingerprint density at radius 2 is 2.33 bits per heavy atom. The van der Waals surface area contributed by atoms with Gasteiger partial charge >= 0.3 is 0 Å². The number of nitrogens with zero attached hydrogens (tertiary/aromatic N) is 3. The molecule has 2 rings (SSSR count). The third kappa shape index (κ3) is 1.90. The fourth-order valence-corrected chi connectivity index (χ4v) is 1.62. The molecule has 0 spiro atoms. The third-order valence-electron chi connectivity index (χ3n) is 2.17. The summed E-state index contributed by atoms with van der Waals surface area (Å²) in [6.07, 6.45) is 4.48. The number of hydrogen-bond acceptors (Lipinski definition) is 3. The minimum Gasteiger partial charge on any atom is -0.439 e. The van der Waals surface area contributed by atoms with E-state index in [4.69, 9.17) is 16.0 Å². The Bertz CT molecular complexity index is 461. The van der Waals surface area contributed by atoms with Crippen LogP contribution in [0, 0.1) is 0 Å². The van der Waals surface area contributed by atoms with Gasteiger partial charge in [0, 0.05) is 13.2 Å². The van der Waals surface area contributed by atoms with Crippen molar-refractivity contribution in [1.29, 1.82) is 0 Å². The topological polar surface area (TPSA) is 43.9 Å². The molecular weight excluding hydrogens is 214 g/mol. The van der Waals surface area contributed by atoms with Crippen molar-refractivity contribution in [3.63, 3.8) is 0 Å². The predicted octanol–water partition coefficient (Wildman–Crippen LogP) is 2.38. The molecule has 0 aliphatic rings. The van der Waals surface area contributed by atoms with Gasteiger partial charge in [-0.25, -0.2) is 4.98 Å². The van der Waals surface area contributed by atoms with Crippen LogP contribution in [0.15, 0.2) is 16.8 Å². The SMILES string of the molecule is CCc1nn(C)cc1-c1cnc(CCl)o1. The van der Waals surface area contributed by atoms with E-state index in [1.165, 1.54) is 0 Å². The van der Waals surface area contributed by atoms with Crippen molar-refractivity contribution in [2.75, 3.05) is 0 Å². The van der Waals surface area contributed by atoms with E-state index in [-0.39, 0.29) is 0 Å². The van der Waals surface area contributed by atoms with Crippen LogP contribution < -0.4 is 0 Å². The largest absolute Gasteiger partial charge is 0.439 e. The number of halogens is 1. The molecule has 0 bridgehead atoms. The summed E-state index contributed by atoms with van der Waals surface area (Å²) in [5.74, 6) is 1.56. The van der Waals surface area contributed by atoms with Gasteiger partial charge in [-0.3, -0.25) is 4.68 Å². The molecule has 2 aromatic rings. The van der Waals surface area contributed by atoms with Crippen molar-refractivity contribution in [2.45, 2.75) is 19.2 Å². The molecule has 2 heterocycles. The van der Waals surface area contributed by atoms with Crippen molar-refractivity contribution in [1.82, 2.24) is 14.8 Å². The van der Waals surface area contributed by atoms with E-state index >= 15 is 0 Å². The van der Waals surface area contributed by atoms with Gasteiger partial charge in [0.2, 0.25) is 5.89 Å². The van der Waals surface area contributed by atoms with Gasteiger partial charge in [0.25, 0.3) is 0 Å². The predicted molar refractivity (Wildman–Crippen MR) is 57.6 cm³/mol. The van der Waals surface area contributed by atoms with Crippen LogP contribution in [0.25, 0.3) is 11.3 Å². The molecule has 0 radical (unpaired) electrons. The lowest BCUT2D eigenvalue weighted by Crippen LogP contribution is -1.89. The number of alkyl halides is 1. The lowest BCUT2D eigenvalue weighted by atomic mass is 10.2. The summed E-state index contributed by atoms with van der Waals surface area (Å²) in [6.45, 7) is 2.06. The molecule has 0 unspecified atom stereocenters. The van der Waals surface area contributed by atoms with E-state index in [0.717, 1.165) is 23.4 Å². The molecule has 5 heteroatoms. The van der Waals surface area contributed by atoms with Gasteiger partial charge in [0.1, 0.15) is 0 Å². The summed E-state index contributed by atoms with van der Waals surface area (Å²) < 4.78 is 7.25. The van der Waals surface area contributed by atoms with E-state index in [9.17, 15) is 0 Å². The van der Waals surface area contributed by atoms with Crippen molar-refractivity contribution < 1.29 is 4.42 Å². The maximum Gasteiger partial charge on any atom is 0.209 e. The standard InChI is InChI=1S/C10H12ClN3O/c1-3-8-7(6-14(2)13-8)9-5-12-10(4-11)15-9/h5-6H,3-4H2,1-2H3. The quantitative estimate of drug-likeness (QED) is 0.754. The molecule has 15 heavy (non-hydrogen) atoms. The van der Waals surface area contributed by atoms with Crippen molar-refractivity contribution in [3.8, 4) is 11.3 Å². The van der Waals surface area contributed by atoms with Crippen LogP contribution in [0.2, 0.25) is 0 Å². The van der Waals surface area contributed by atoms with Crippen molar-refractivity contribution in [2.24, 2.45) is 7.05 Å². The average Bonchev–Trinajstić information content (AvgIpc) is 2.82. The van der Waals surface area contributed by atoms with Crippen LogP contribution in [-0.2, 0) is 19.3 Å². The molecule has 0 amide bonds. The van der Waals surface area contributed by atoms with E-state index in [1.54, 1.807) is 10.9 Å². The maximum atomic E-state index is 5.63. The van der Waals surface area contributed by atoms with E-state index in [0.29, 0.717) is 11.8 Å². The fraction of sp³-hybridized carbons (Fsp3) is 0.400. The Kier molecular flexibility index (Phi) is 2.77. The van der Waals surface area contributed by atoms with Gasteiger partial charge in [-0.2, -0.15) is 5.10 Å². The van der Waals surface area contributed by atoms with Gasteiger partial charge in [-0.05, 0) is 6.42 Å². The Morgan fingerprint density at radius 3 is 2.93 bits per heavy atom. The zero-order valence-corrected chi connectivity index (χ0v) is 9.45. The molecule has 0 atom stereocenters. The summed E-state index contributed by atoms with van der Waals surface area (Å²) in [6, 6.07) is 0. The van der Waals surface area contributed by atoms with E-state index in [1.807, 2.05) is 13.2 Å². The molecule has 0 aromatic carbocycles. The Hall–Kier alpha value is -1.29. The van der Waals surface area contributed by atoms with Gasteiger partial charge < -0.3 is 4.42 Å². The minimum atomic E-state index is 0.293. The zero-order chi connectivity index (χ0) is 10.8. The molecule has 0 saturated carbocycles. The second-order valence-electron chi connectivity index (χ2n) is 3.27. The van der Waals surface area contributed by atoms with E-state index in [2.05, 4.69) is 17.0 Å². The highest BCUT2D eigenvalue weighted by molar-refractivity contribution is 6.16. The van der Waals surface area contributed by atoms with E-state index < -0.39 is 0 Å². The highest BCUT2D eigenvalue weighted by Crippen LogP contribution is 2.24. The number of hydrogen-bond donors (Lipinski definition) is 0. The molecular formula is C10H12ClN3O. The van der Waals surface area contributed by atoms with Gasteiger partial charge in [-0.15, -0.1) is 11.6 Å². The first-order chi connectivity index (χ1) is 7.24. The summed E-state index contributed by atoms with van der Waals surface area (Å²) in [5.41, 5.74) is 2.00. The molecule has 0 N–H and O–H groups in total. The molecule has 0 fully saturated rings. The summed E-state index contributed by atoms with van der Waals surface area (Å²) in [4.78, 5) is 4.06. The van der Waals surface area contributed by atoms with Crippen LogP contribution in [0.4, 0.5) is 0 Å². The first kappa shape index (κ1) is 10.2. The lowest BCUT2D eigenvalue weighted by molar-refractivity contribution is 0.528. The molecule has 4 nitrogen and oxygen atoms in total. The Morgan fingerprint density at radius 1 is 1.53 bits per heavy atom. The Balaban J connectivity index is 2.43. The molecule has 0 saturated heterocycles. The maximum absolute atomic E-state index is 5.63. The highest BCUT2D eigenvalue weighted by Gasteiger charge is 2.12. The van der Waals surface area contributed by atoms with Crippen LogP contribution in [0.1, 0.15) is 18.5 Å². The fourth-order valence-electron chi connectivity index (χ4n) is 1.50. The van der Waals surface area contributed by atoms with Gasteiger partial charge in [0.15, 0.2) is 5.76 Å². The molecule has 2 aromatic heterocycles. The summed E-state index contributed by atoms with van der Waals surface area (Å²) in [5, 5.41) is 4.34. The first-order valence-electron chi connectivity index (χ1n) is 4.78. The monoisotopic (exact) mass is 225 g/mol. The zero-order valence-electron chi connectivity index (χ0n) is 8.70. The van der Waals surface area contributed by atoms with Gasteiger partial charge in [0.05, 0.1) is 23.3 Å². The van der Waals surface area contributed by atoms with Crippen LogP contribution >= 0.6 is 11.6 Å². The number of rotatable bonds is 3. The molecule has 0 aliphatic carbocycles. The second kappa shape index (κ2) is 4.06. The Labute approximate surface area is 92.9 Å². The van der Waals surface area contributed by atoms with Crippen molar-refractivity contribution in [3.05, 3.63) is 24.0 Å². The minimum absolute atomic E-state index is 0.293. The van der Waals surface area contributed by atoms with Crippen LogP contribution in [0.3, 0.4) is 0 Å². The number of aromatic nitrogens is 3. The van der Waals surface area contributed by atoms with Crippen LogP contribution in [-0.4, -0.2) is 14.8 Å². The second-order valence-corrected chi connectivity index (χ2v) is 3.54. The first-order valence-corrected chi connectivity index (χ1v) is 5.31. The number of aryl methyl sites for hydroxylation is 2. The number of oxazole rings is 1. The van der Waals surface area contributed by atoms with Crippen molar-refractivity contribution >= 4 is 11.6 Å². The van der Waals surface area contributed by atoms with Gasteiger partial charge in [-0.1, -0.05) is 6.92 Å². The normalized spacial score (nSPS) is 10.9. The van der Waals surface area contributed by atoms with Crippen LogP contribution in [0.5, 0.6) is 0 Å². The molecule has 80 valence electrons. The highest BCUT2D eigenvalue weighted by atomic mass is 35.5. The smallest absolute Gasteiger partial charge is 0.209 e. The summed E-state index contributed by atoms with van der Waals surface area (Å²) >= 11 is 5.63. The summed E-state index contributed by atoms with van der Waals surface area (Å²) in [7, 11) is 1.89.